The van der Waals surface area contributed by atoms with Gasteiger partial charge in [0.15, 0.2) is 5.65 Å². The molecule has 0 saturated carbocycles. The molecule has 1 saturated heterocycles. The Labute approximate surface area is 164 Å². The summed E-state index contributed by atoms with van der Waals surface area (Å²) in [6, 6.07) is 8.25. The Hall–Kier alpha value is -2.74. The third kappa shape index (κ3) is 2.55. The van der Waals surface area contributed by atoms with Gasteiger partial charge in [-0.3, -0.25) is 4.68 Å². The molecule has 7 nitrogen and oxygen atoms in total. The van der Waals surface area contributed by atoms with E-state index in [0.717, 1.165) is 56.9 Å². The molecule has 0 bridgehead atoms. The molecule has 4 aromatic rings. The molecule has 0 unspecified atom stereocenters. The van der Waals surface area contributed by atoms with Crippen molar-refractivity contribution in [2.75, 3.05) is 18.0 Å². The lowest BCUT2D eigenvalue weighted by Gasteiger charge is -2.32. The summed E-state index contributed by atoms with van der Waals surface area (Å²) in [5, 5.41) is 10.3. The number of halogens is 1. The predicted octanol–water partition coefficient (Wildman–Crippen LogP) is 3.40. The standard InChI is InChI=1S/C19H18BrN7/c1-25-17(12-4-6-13(20)7-5-12)14(10-23-25)16-15-18(26(2)24-16)21-11-22-19(15)27-8-3-9-27/h4-7,10-11H,3,8-9H2,1-2H3. The highest BCUT2D eigenvalue weighted by Crippen LogP contribution is 2.38. The van der Waals surface area contributed by atoms with Gasteiger partial charge in [0.2, 0.25) is 0 Å². The van der Waals surface area contributed by atoms with Gasteiger partial charge in [-0.1, -0.05) is 28.1 Å². The topological polar surface area (TPSA) is 64.7 Å². The lowest BCUT2D eigenvalue weighted by atomic mass is 10.0. The Morgan fingerprint density at radius 1 is 1.00 bits per heavy atom. The summed E-state index contributed by atoms with van der Waals surface area (Å²) in [7, 11) is 3.88. The maximum atomic E-state index is 4.80. The zero-order valence-electron chi connectivity index (χ0n) is 15.1. The van der Waals surface area contributed by atoms with E-state index in [1.165, 1.54) is 6.42 Å². The largest absolute Gasteiger partial charge is 0.356 e. The van der Waals surface area contributed by atoms with E-state index in [0.29, 0.717) is 0 Å². The van der Waals surface area contributed by atoms with Crippen LogP contribution in [0.25, 0.3) is 33.5 Å². The van der Waals surface area contributed by atoms with Gasteiger partial charge in [-0.15, -0.1) is 0 Å². The monoisotopic (exact) mass is 423 g/mol. The highest BCUT2D eigenvalue weighted by Gasteiger charge is 2.26. The molecular formula is C19H18BrN7. The summed E-state index contributed by atoms with van der Waals surface area (Å²) in [6.45, 7) is 2.04. The van der Waals surface area contributed by atoms with Crippen LogP contribution in [0.2, 0.25) is 0 Å². The molecular weight excluding hydrogens is 406 g/mol. The Morgan fingerprint density at radius 2 is 1.78 bits per heavy atom. The Balaban J connectivity index is 1.77. The zero-order chi connectivity index (χ0) is 18.5. The second-order valence-corrected chi connectivity index (χ2v) is 7.66. The van der Waals surface area contributed by atoms with Crippen LogP contribution < -0.4 is 4.90 Å². The van der Waals surface area contributed by atoms with Gasteiger partial charge in [0.1, 0.15) is 17.8 Å². The van der Waals surface area contributed by atoms with Gasteiger partial charge < -0.3 is 4.90 Å². The molecule has 1 aliphatic heterocycles. The Bertz CT molecular complexity index is 1140. The first kappa shape index (κ1) is 16.4. The van der Waals surface area contributed by atoms with Gasteiger partial charge in [0.05, 0.1) is 17.3 Å². The van der Waals surface area contributed by atoms with Crippen LogP contribution >= 0.6 is 15.9 Å². The van der Waals surface area contributed by atoms with Crippen molar-refractivity contribution >= 4 is 32.8 Å². The maximum absolute atomic E-state index is 4.80. The van der Waals surface area contributed by atoms with Crippen molar-refractivity contribution in [1.29, 1.82) is 0 Å². The molecule has 0 amide bonds. The second-order valence-electron chi connectivity index (χ2n) is 6.75. The summed E-state index contributed by atoms with van der Waals surface area (Å²) in [6.07, 6.45) is 4.70. The lowest BCUT2D eigenvalue weighted by molar-refractivity contribution is 0.611. The number of anilines is 1. The molecule has 4 heterocycles. The first-order valence-electron chi connectivity index (χ1n) is 8.84. The van der Waals surface area contributed by atoms with Crippen LogP contribution in [-0.2, 0) is 14.1 Å². The number of rotatable bonds is 3. The first-order valence-corrected chi connectivity index (χ1v) is 9.64. The third-order valence-corrected chi connectivity index (χ3v) is 5.60. The number of aryl methyl sites for hydroxylation is 2. The average molecular weight is 424 g/mol. The highest BCUT2D eigenvalue weighted by atomic mass is 79.9. The second kappa shape index (κ2) is 6.16. The van der Waals surface area contributed by atoms with Gasteiger partial charge in [0, 0.05) is 42.8 Å². The van der Waals surface area contributed by atoms with E-state index in [9.17, 15) is 0 Å². The van der Waals surface area contributed by atoms with Crippen molar-refractivity contribution in [3.63, 3.8) is 0 Å². The molecule has 3 aromatic heterocycles. The fourth-order valence-electron chi connectivity index (χ4n) is 3.59. The summed E-state index contributed by atoms with van der Waals surface area (Å²) in [5.41, 5.74) is 4.82. The predicted molar refractivity (Wildman–Crippen MR) is 108 cm³/mol. The van der Waals surface area contributed by atoms with Crippen LogP contribution in [0, 0.1) is 0 Å². The fraction of sp³-hybridized carbons (Fsp3) is 0.263. The molecule has 27 heavy (non-hydrogen) atoms. The van der Waals surface area contributed by atoms with Crippen LogP contribution in [0.4, 0.5) is 5.82 Å². The molecule has 136 valence electrons. The van der Waals surface area contributed by atoms with E-state index in [4.69, 9.17) is 5.10 Å². The molecule has 0 N–H and O–H groups in total. The van der Waals surface area contributed by atoms with Crippen LogP contribution in [0.1, 0.15) is 6.42 Å². The third-order valence-electron chi connectivity index (χ3n) is 5.07. The highest BCUT2D eigenvalue weighted by molar-refractivity contribution is 9.10. The number of nitrogens with zero attached hydrogens (tertiary/aromatic N) is 7. The normalized spacial score (nSPS) is 14.0. The van der Waals surface area contributed by atoms with Gasteiger partial charge in [-0.2, -0.15) is 10.2 Å². The summed E-state index contributed by atoms with van der Waals surface area (Å²) in [4.78, 5) is 11.3. The molecule has 5 rings (SSSR count). The molecule has 0 atom stereocenters. The van der Waals surface area contributed by atoms with Crippen molar-refractivity contribution < 1.29 is 0 Å². The van der Waals surface area contributed by atoms with E-state index in [2.05, 4.69) is 48.0 Å². The molecule has 1 aliphatic rings. The number of aromatic nitrogens is 6. The zero-order valence-corrected chi connectivity index (χ0v) is 16.7. The van der Waals surface area contributed by atoms with E-state index in [1.54, 1.807) is 6.33 Å². The summed E-state index contributed by atoms with van der Waals surface area (Å²) >= 11 is 3.51. The number of hydrogen-bond acceptors (Lipinski definition) is 5. The minimum absolute atomic E-state index is 0.840. The number of benzene rings is 1. The first-order chi connectivity index (χ1) is 13.1. The fourth-order valence-corrected chi connectivity index (χ4v) is 3.85. The van der Waals surface area contributed by atoms with E-state index >= 15 is 0 Å². The maximum Gasteiger partial charge on any atom is 0.163 e. The van der Waals surface area contributed by atoms with Crippen molar-refractivity contribution in [2.45, 2.75) is 6.42 Å². The lowest BCUT2D eigenvalue weighted by Crippen LogP contribution is -2.37. The van der Waals surface area contributed by atoms with E-state index in [1.807, 2.05) is 41.8 Å². The van der Waals surface area contributed by atoms with Gasteiger partial charge in [0.25, 0.3) is 0 Å². The van der Waals surface area contributed by atoms with Crippen LogP contribution in [0.5, 0.6) is 0 Å². The minimum atomic E-state index is 0.840. The molecule has 0 radical (unpaired) electrons. The number of fused-ring (bicyclic) bond motifs is 1. The molecule has 1 aromatic carbocycles. The molecule has 0 aliphatic carbocycles. The Kier molecular flexibility index (Phi) is 3.75. The van der Waals surface area contributed by atoms with E-state index in [-0.39, 0.29) is 0 Å². The van der Waals surface area contributed by atoms with Crippen molar-refractivity contribution in [2.24, 2.45) is 14.1 Å². The van der Waals surface area contributed by atoms with Crippen LogP contribution in [-0.4, -0.2) is 42.6 Å². The van der Waals surface area contributed by atoms with Crippen molar-refractivity contribution in [3.05, 3.63) is 41.3 Å². The molecule has 8 heteroatoms. The van der Waals surface area contributed by atoms with Crippen molar-refractivity contribution in [1.82, 2.24) is 29.5 Å². The smallest absolute Gasteiger partial charge is 0.163 e. The van der Waals surface area contributed by atoms with Gasteiger partial charge in [-0.05, 0) is 18.6 Å². The summed E-state index contributed by atoms with van der Waals surface area (Å²) < 4.78 is 4.77. The van der Waals surface area contributed by atoms with Gasteiger partial charge >= 0.3 is 0 Å². The molecule has 1 fully saturated rings. The number of hydrogen-bond donors (Lipinski definition) is 0. The molecule has 0 spiro atoms. The quantitative estimate of drug-likeness (QED) is 0.505. The van der Waals surface area contributed by atoms with Crippen LogP contribution in [0.3, 0.4) is 0 Å². The van der Waals surface area contributed by atoms with Gasteiger partial charge in [-0.25, -0.2) is 14.6 Å². The van der Waals surface area contributed by atoms with Crippen molar-refractivity contribution in [3.8, 4) is 22.5 Å². The van der Waals surface area contributed by atoms with E-state index < -0.39 is 0 Å². The SMILES string of the molecule is Cn1ncc(-c2nn(C)c3ncnc(N4CCC4)c23)c1-c1ccc(Br)cc1. The van der Waals surface area contributed by atoms with Crippen LogP contribution in [0.15, 0.2) is 41.3 Å². The summed E-state index contributed by atoms with van der Waals surface area (Å²) in [5.74, 6) is 0.958. The minimum Gasteiger partial charge on any atom is -0.356 e. The average Bonchev–Trinajstić information content (AvgIpc) is 3.16. The Morgan fingerprint density at radius 3 is 2.48 bits per heavy atom.